The summed E-state index contributed by atoms with van der Waals surface area (Å²) in [4.78, 5) is 0. The van der Waals surface area contributed by atoms with Crippen LogP contribution in [-0.2, 0) is 12.3 Å². The van der Waals surface area contributed by atoms with Crippen LogP contribution in [0, 0.1) is 0 Å². The molecular formula is C15H18ClN3S. The molecule has 1 aromatic carbocycles. The second-order valence-corrected chi connectivity index (χ2v) is 6.50. The molecule has 0 bridgehead atoms. The average Bonchev–Trinajstić information content (AvgIpc) is 3.22. The fourth-order valence-corrected chi connectivity index (χ4v) is 3.50. The number of thioether (sulfide) groups is 1. The van der Waals surface area contributed by atoms with Gasteiger partial charge in [-0.25, -0.2) is 0 Å². The molecule has 0 amide bonds. The number of benzene rings is 1. The lowest BCUT2D eigenvalue weighted by molar-refractivity contribution is 0.592. The molecule has 3 nitrogen and oxygen atoms in total. The normalized spacial score (nSPS) is 14.7. The zero-order chi connectivity index (χ0) is 13.9. The van der Waals surface area contributed by atoms with Gasteiger partial charge in [0.2, 0.25) is 0 Å². The van der Waals surface area contributed by atoms with E-state index in [4.69, 9.17) is 11.6 Å². The molecule has 0 aliphatic heterocycles. The number of hydrogen-bond acceptors (Lipinski definition) is 3. The molecule has 0 N–H and O–H groups in total. The third kappa shape index (κ3) is 3.01. The summed E-state index contributed by atoms with van der Waals surface area (Å²) in [6.45, 7) is 3.20. The highest BCUT2D eigenvalue weighted by Gasteiger charge is 2.30. The minimum Gasteiger partial charge on any atom is -0.306 e. The molecule has 0 atom stereocenters. The van der Waals surface area contributed by atoms with Gasteiger partial charge < -0.3 is 4.57 Å². The lowest BCUT2D eigenvalue weighted by atomic mass is 10.2. The monoisotopic (exact) mass is 307 g/mol. The van der Waals surface area contributed by atoms with Gasteiger partial charge in [0.1, 0.15) is 5.82 Å². The van der Waals surface area contributed by atoms with Crippen molar-refractivity contribution < 1.29 is 0 Å². The maximum Gasteiger partial charge on any atom is 0.191 e. The predicted molar refractivity (Wildman–Crippen MR) is 83.3 cm³/mol. The fourth-order valence-electron chi connectivity index (χ4n) is 2.24. The first-order valence-corrected chi connectivity index (χ1v) is 8.45. The van der Waals surface area contributed by atoms with Crippen molar-refractivity contribution in [3.05, 3.63) is 40.7 Å². The maximum absolute atomic E-state index is 6.20. The van der Waals surface area contributed by atoms with Crippen LogP contribution in [0.15, 0.2) is 29.4 Å². The molecule has 3 rings (SSSR count). The Morgan fingerprint density at radius 1 is 1.30 bits per heavy atom. The SMILES string of the molecule is CCCn1c(SCc2ccccc2Cl)nnc1C1CC1. The van der Waals surface area contributed by atoms with Gasteiger partial charge in [0.15, 0.2) is 5.16 Å². The van der Waals surface area contributed by atoms with E-state index in [0.29, 0.717) is 5.92 Å². The molecule has 1 fully saturated rings. The van der Waals surface area contributed by atoms with Gasteiger partial charge in [0, 0.05) is 23.2 Å². The van der Waals surface area contributed by atoms with Crippen LogP contribution in [0.25, 0.3) is 0 Å². The lowest BCUT2D eigenvalue weighted by Crippen LogP contribution is -2.04. The van der Waals surface area contributed by atoms with Gasteiger partial charge in [-0.05, 0) is 30.9 Å². The number of aromatic nitrogens is 3. The van der Waals surface area contributed by atoms with Crippen molar-refractivity contribution in [3.63, 3.8) is 0 Å². The average molecular weight is 308 g/mol. The minimum atomic E-state index is 0.642. The van der Waals surface area contributed by atoms with Crippen molar-refractivity contribution in [2.24, 2.45) is 0 Å². The third-order valence-electron chi connectivity index (χ3n) is 3.45. The Hall–Kier alpha value is -1.00. The van der Waals surface area contributed by atoms with E-state index >= 15 is 0 Å². The van der Waals surface area contributed by atoms with Gasteiger partial charge in [-0.2, -0.15) is 0 Å². The molecule has 20 heavy (non-hydrogen) atoms. The highest BCUT2D eigenvalue weighted by Crippen LogP contribution is 2.40. The molecular weight excluding hydrogens is 290 g/mol. The van der Waals surface area contributed by atoms with Crippen LogP contribution in [-0.4, -0.2) is 14.8 Å². The molecule has 2 aromatic rings. The zero-order valence-electron chi connectivity index (χ0n) is 11.6. The van der Waals surface area contributed by atoms with Crippen LogP contribution < -0.4 is 0 Å². The van der Waals surface area contributed by atoms with E-state index in [0.717, 1.165) is 34.5 Å². The summed E-state index contributed by atoms with van der Waals surface area (Å²) in [5.74, 6) is 2.66. The standard InChI is InChI=1S/C15H18ClN3S/c1-2-9-19-14(11-7-8-11)17-18-15(19)20-10-12-5-3-4-6-13(12)16/h3-6,11H,2,7-10H2,1H3. The Balaban J connectivity index is 1.75. The molecule has 0 saturated heterocycles. The Kier molecular flexibility index (Phi) is 4.32. The number of nitrogens with zero attached hydrogens (tertiary/aromatic N) is 3. The van der Waals surface area contributed by atoms with Gasteiger partial charge in [0.05, 0.1) is 0 Å². The molecule has 1 saturated carbocycles. The van der Waals surface area contributed by atoms with Crippen LogP contribution >= 0.6 is 23.4 Å². The predicted octanol–water partition coefficient (Wildman–Crippen LogP) is 4.51. The highest BCUT2D eigenvalue weighted by molar-refractivity contribution is 7.98. The summed E-state index contributed by atoms with van der Waals surface area (Å²) in [5.41, 5.74) is 1.15. The van der Waals surface area contributed by atoms with E-state index in [9.17, 15) is 0 Å². The lowest BCUT2D eigenvalue weighted by Gasteiger charge is -2.08. The smallest absolute Gasteiger partial charge is 0.191 e. The fraction of sp³-hybridized carbons (Fsp3) is 0.467. The van der Waals surface area contributed by atoms with Gasteiger partial charge in [0.25, 0.3) is 0 Å². The van der Waals surface area contributed by atoms with Gasteiger partial charge >= 0.3 is 0 Å². The van der Waals surface area contributed by atoms with Crippen LogP contribution in [0.5, 0.6) is 0 Å². The number of rotatable bonds is 6. The summed E-state index contributed by atoms with van der Waals surface area (Å²) in [7, 11) is 0. The maximum atomic E-state index is 6.20. The Morgan fingerprint density at radius 3 is 2.80 bits per heavy atom. The Morgan fingerprint density at radius 2 is 2.10 bits per heavy atom. The molecule has 1 aliphatic rings. The van der Waals surface area contributed by atoms with Crippen molar-refractivity contribution in [3.8, 4) is 0 Å². The molecule has 0 spiro atoms. The Bertz CT molecular complexity index is 593. The zero-order valence-corrected chi connectivity index (χ0v) is 13.1. The third-order valence-corrected chi connectivity index (χ3v) is 4.83. The topological polar surface area (TPSA) is 30.7 Å². The van der Waals surface area contributed by atoms with Gasteiger partial charge in [-0.15, -0.1) is 10.2 Å². The van der Waals surface area contributed by atoms with Crippen LogP contribution in [0.3, 0.4) is 0 Å². The van der Waals surface area contributed by atoms with Crippen molar-refractivity contribution in [1.82, 2.24) is 14.8 Å². The van der Waals surface area contributed by atoms with Crippen molar-refractivity contribution >= 4 is 23.4 Å². The minimum absolute atomic E-state index is 0.642. The number of halogens is 1. The van der Waals surface area contributed by atoms with E-state index in [1.807, 2.05) is 18.2 Å². The van der Waals surface area contributed by atoms with E-state index in [-0.39, 0.29) is 0 Å². The first-order chi connectivity index (χ1) is 9.79. The van der Waals surface area contributed by atoms with E-state index in [1.54, 1.807) is 11.8 Å². The van der Waals surface area contributed by atoms with E-state index in [2.05, 4.69) is 27.8 Å². The highest BCUT2D eigenvalue weighted by atomic mass is 35.5. The van der Waals surface area contributed by atoms with Crippen molar-refractivity contribution in [2.75, 3.05) is 0 Å². The second kappa shape index (κ2) is 6.19. The Labute approximate surface area is 128 Å². The second-order valence-electron chi connectivity index (χ2n) is 5.15. The molecule has 1 aromatic heterocycles. The summed E-state index contributed by atoms with van der Waals surface area (Å²) in [5, 5.41) is 10.6. The summed E-state index contributed by atoms with van der Waals surface area (Å²) >= 11 is 7.93. The molecule has 1 heterocycles. The van der Waals surface area contributed by atoms with E-state index in [1.165, 1.54) is 18.7 Å². The van der Waals surface area contributed by atoms with Gasteiger partial charge in [-0.1, -0.05) is 48.5 Å². The summed E-state index contributed by atoms with van der Waals surface area (Å²) in [6.07, 6.45) is 3.63. The molecule has 0 unspecified atom stereocenters. The molecule has 1 aliphatic carbocycles. The molecule has 106 valence electrons. The number of hydrogen-bond donors (Lipinski definition) is 0. The molecule has 0 radical (unpaired) electrons. The molecule has 5 heteroatoms. The summed E-state index contributed by atoms with van der Waals surface area (Å²) < 4.78 is 2.29. The first kappa shape index (κ1) is 14.0. The van der Waals surface area contributed by atoms with Crippen LogP contribution in [0.4, 0.5) is 0 Å². The van der Waals surface area contributed by atoms with Crippen molar-refractivity contribution in [2.45, 2.75) is 49.6 Å². The van der Waals surface area contributed by atoms with Crippen LogP contribution in [0.1, 0.15) is 43.5 Å². The van der Waals surface area contributed by atoms with Crippen molar-refractivity contribution in [1.29, 1.82) is 0 Å². The largest absolute Gasteiger partial charge is 0.306 e. The quantitative estimate of drug-likeness (QED) is 0.736. The van der Waals surface area contributed by atoms with Crippen LogP contribution in [0.2, 0.25) is 5.02 Å². The van der Waals surface area contributed by atoms with E-state index < -0.39 is 0 Å². The van der Waals surface area contributed by atoms with Gasteiger partial charge in [-0.3, -0.25) is 0 Å². The summed E-state index contributed by atoms with van der Waals surface area (Å²) in [6, 6.07) is 7.98. The first-order valence-electron chi connectivity index (χ1n) is 7.09.